The summed E-state index contributed by atoms with van der Waals surface area (Å²) in [5.74, 6) is 0. The van der Waals surface area contributed by atoms with E-state index in [4.69, 9.17) is 0 Å². The predicted molar refractivity (Wildman–Crippen MR) is 88.2 cm³/mol. The van der Waals surface area contributed by atoms with E-state index in [9.17, 15) is 8.42 Å². The first-order chi connectivity index (χ1) is 10.0. The molecule has 0 spiro atoms. The summed E-state index contributed by atoms with van der Waals surface area (Å²) >= 11 is 0. The van der Waals surface area contributed by atoms with Crippen LogP contribution in [0.25, 0.3) is 10.8 Å². The van der Waals surface area contributed by atoms with Gasteiger partial charge in [0, 0.05) is 15.7 Å². The maximum Gasteiger partial charge on any atom is 0.234 e. The predicted octanol–water partition coefficient (Wildman–Crippen LogP) is 4.63. The largest absolute Gasteiger partial charge is 0.234 e. The van der Waals surface area contributed by atoms with E-state index in [0.717, 1.165) is 32.0 Å². The molecule has 21 heavy (non-hydrogen) atoms. The number of rotatable bonds is 3. The Balaban J connectivity index is 1.97. The van der Waals surface area contributed by atoms with Gasteiger partial charge in [-0.1, -0.05) is 42.5 Å². The van der Waals surface area contributed by atoms with Crippen LogP contribution in [0, 0.1) is 6.92 Å². The molecule has 0 aliphatic heterocycles. The topological polar surface area (TPSA) is 34.1 Å². The van der Waals surface area contributed by atoms with E-state index in [1.54, 1.807) is 18.2 Å². The minimum absolute atomic E-state index is 0.348. The molecule has 2 nitrogen and oxygen atoms in total. The summed E-state index contributed by atoms with van der Waals surface area (Å²) in [5.41, 5.74) is 0.940. The van der Waals surface area contributed by atoms with Crippen LogP contribution >= 0.6 is 10.8 Å². The number of hydrogen-bond acceptors (Lipinski definition) is 3. The van der Waals surface area contributed by atoms with Gasteiger partial charge in [-0.05, 0) is 47.5 Å². The van der Waals surface area contributed by atoms with Crippen LogP contribution in [0.1, 0.15) is 5.56 Å². The Morgan fingerprint density at radius 2 is 1.57 bits per heavy atom. The molecule has 0 N–H and O–H groups in total. The van der Waals surface area contributed by atoms with E-state index in [-0.39, 0.29) is 0 Å². The van der Waals surface area contributed by atoms with Crippen molar-refractivity contribution < 1.29 is 8.42 Å². The quantitative estimate of drug-likeness (QED) is 0.661. The lowest BCUT2D eigenvalue weighted by Gasteiger charge is -2.06. The van der Waals surface area contributed by atoms with Gasteiger partial charge < -0.3 is 0 Å². The van der Waals surface area contributed by atoms with Gasteiger partial charge in [0.05, 0.1) is 4.90 Å². The Hall–Kier alpha value is -1.78. The summed E-state index contributed by atoms with van der Waals surface area (Å²) in [6.07, 6.45) is 0. The van der Waals surface area contributed by atoms with E-state index in [2.05, 4.69) is 0 Å². The SMILES string of the molecule is Cc1cccc(S(=O)(=O)Sc2ccc3ccccc3c2)c1. The molecule has 3 aromatic rings. The highest BCUT2D eigenvalue weighted by Crippen LogP contribution is 2.32. The van der Waals surface area contributed by atoms with Crippen LogP contribution in [-0.4, -0.2) is 8.42 Å². The van der Waals surface area contributed by atoms with Crippen LogP contribution in [-0.2, 0) is 8.87 Å². The first kappa shape index (κ1) is 14.2. The first-order valence-corrected chi connectivity index (χ1v) is 9.36. The first-order valence-electron chi connectivity index (χ1n) is 6.54. The normalized spacial score (nSPS) is 11.7. The molecular weight excluding hydrogens is 300 g/mol. The van der Waals surface area contributed by atoms with Gasteiger partial charge in [-0.25, -0.2) is 8.42 Å². The third-order valence-electron chi connectivity index (χ3n) is 3.21. The molecule has 106 valence electrons. The van der Waals surface area contributed by atoms with Gasteiger partial charge in [-0.3, -0.25) is 0 Å². The summed E-state index contributed by atoms with van der Waals surface area (Å²) in [4.78, 5) is 1.08. The molecule has 4 heteroatoms. The minimum atomic E-state index is -3.39. The molecule has 0 bridgehead atoms. The lowest BCUT2D eigenvalue weighted by molar-refractivity contribution is 0.610. The number of fused-ring (bicyclic) bond motifs is 1. The van der Waals surface area contributed by atoms with Crippen LogP contribution in [0.5, 0.6) is 0 Å². The molecule has 3 aromatic carbocycles. The van der Waals surface area contributed by atoms with Gasteiger partial charge in [0.15, 0.2) is 0 Å². The number of aryl methyl sites for hydroxylation is 1. The van der Waals surface area contributed by atoms with Crippen molar-refractivity contribution in [2.24, 2.45) is 0 Å². The highest BCUT2D eigenvalue weighted by molar-refractivity contribution is 8.72. The van der Waals surface area contributed by atoms with Crippen LogP contribution in [0.2, 0.25) is 0 Å². The molecule has 0 heterocycles. The summed E-state index contributed by atoms with van der Waals surface area (Å²) in [5, 5.41) is 2.15. The fourth-order valence-corrected chi connectivity index (χ4v) is 5.06. The van der Waals surface area contributed by atoms with Gasteiger partial charge in [0.25, 0.3) is 0 Å². The standard InChI is InChI=1S/C17H14O2S2/c1-13-5-4-8-17(11-13)21(18,19)20-16-10-9-14-6-2-3-7-15(14)12-16/h2-12H,1H3. The van der Waals surface area contributed by atoms with E-state index in [0.29, 0.717) is 4.90 Å². The van der Waals surface area contributed by atoms with E-state index in [1.807, 2.05) is 55.5 Å². The molecule has 0 radical (unpaired) electrons. The number of benzene rings is 3. The average Bonchev–Trinajstić information content (AvgIpc) is 2.47. The zero-order valence-corrected chi connectivity index (χ0v) is 13.1. The van der Waals surface area contributed by atoms with Crippen molar-refractivity contribution in [3.05, 3.63) is 72.3 Å². The molecule has 0 aromatic heterocycles. The molecule has 0 aliphatic carbocycles. The smallest absolute Gasteiger partial charge is 0.212 e. The van der Waals surface area contributed by atoms with Crippen LogP contribution < -0.4 is 0 Å². The van der Waals surface area contributed by atoms with Crippen molar-refractivity contribution in [1.29, 1.82) is 0 Å². The van der Waals surface area contributed by atoms with Gasteiger partial charge in [-0.15, -0.1) is 0 Å². The molecule has 0 unspecified atom stereocenters. The van der Waals surface area contributed by atoms with Gasteiger partial charge in [0.1, 0.15) is 0 Å². The Morgan fingerprint density at radius 1 is 0.810 bits per heavy atom. The Bertz CT molecular complexity index is 899. The maximum absolute atomic E-state index is 12.5. The summed E-state index contributed by atoms with van der Waals surface area (Å²) in [6, 6.07) is 20.6. The van der Waals surface area contributed by atoms with Crippen LogP contribution in [0.15, 0.2) is 76.5 Å². The average molecular weight is 314 g/mol. The summed E-state index contributed by atoms with van der Waals surface area (Å²) in [7, 11) is -2.49. The second-order valence-electron chi connectivity index (χ2n) is 4.86. The Morgan fingerprint density at radius 3 is 2.33 bits per heavy atom. The maximum atomic E-state index is 12.5. The minimum Gasteiger partial charge on any atom is -0.212 e. The van der Waals surface area contributed by atoms with Crippen molar-refractivity contribution >= 4 is 30.4 Å². The highest BCUT2D eigenvalue weighted by atomic mass is 33.1. The van der Waals surface area contributed by atoms with Crippen molar-refractivity contribution in [1.82, 2.24) is 0 Å². The zero-order chi connectivity index (χ0) is 14.9. The van der Waals surface area contributed by atoms with Crippen LogP contribution in [0.3, 0.4) is 0 Å². The molecular formula is C17H14O2S2. The molecule has 0 fully saturated rings. The van der Waals surface area contributed by atoms with Gasteiger partial charge in [0.2, 0.25) is 8.87 Å². The fraction of sp³-hybridized carbons (Fsp3) is 0.0588. The third-order valence-corrected chi connectivity index (χ3v) is 6.52. The molecule has 0 saturated carbocycles. The molecule has 3 rings (SSSR count). The lowest BCUT2D eigenvalue weighted by Crippen LogP contribution is -1.95. The van der Waals surface area contributed by atoms with Crippen molar-refractivity contribution in [3.63, 3.8) is 0 Å². The summed E-state index contributed by atoms with van der Waals surface area (Å²) < 4.78 is 24.9. The van der Waals surface area contributed by atoms with Gasteiger partial charge >= 0.3 is 0 Å². The van der Waals surface area contributed by atoms with E-state index in [1.165, 1.54) is 0 Å². The molecule has 0 aliphatic rings. The molecule has 0 atom stereocenters. The molecule has 0 saturated heterocycles. The third kappa shape index (κ3) is 3.12. The van der Waals surface area contributed by atoms with Crippen molar-refractivity contribution in [3.8, 4) is 0 Å². The van der Waals surface area contributed by atoms with E-state index < -0.39 is 8.87 Å². The monoisotopic (exact) mass is 314 g/mol. The van der Waals surface area contributed by atoms with Crippen molar-refractivity contribution in [2.45, 2.75) is 16.7 Å². The lowest BCUT2D eigenvalue weighted by atomic mass is 10.1. The van der Waals surface area contributed by atoms with Crippen LogP contribution in [0.4, 0.5) is 0 Å². The Kier molecular flexibility index (Phi) is 3.74. The fourth-order valence-electron chi connectivity index (χ4n) is 2.16. The summed E-state index contributed by atoms with van der Waals surface area (Å²) in [6.45, 7) is 1.89. The zero-order valence-electron chi connectivity index (χ0n) is 11.5. The second kappa shape index (κ2) is 5.54. The molecule has 0 amide bonds. The van der Waals surface area contributed by atoms with E-state index >= 15 is 0 Å². The Labute approximate surface area is 128 Å². The second-order valence-corrected chi connectivity index (χ2v) is 8.70. The highest BCUT2D eigenvalue weighted by Gasteiger charge is 2.16. The number of hydrogen-bond donors (Lipinski definition) is 0. The van der Waals surface area contributed by atoms with Gasteiger partial charge in [-0.2, -0.15) is 0 Å². The van der Waals surface area contributed by atoms with Crippen molar-refractivity contribution in [2.75, 3.05) is 0 Å².